The lowest BCUT2D eigenvalue weighted by atomic mass is 10.1. The molecule has 0 heterocycles. The summed E-state index contributed by atoms with van der Waals surface area (Å²) in [4.78, 5) is 24.8. The molecule has 0 radical (unpaired) electrons. The van der Waals surface area contributed by atoms with Crippen LogP contribution >= 0.6 is 11.6 Å². The number of nitrogens with zero attached hydrogens (tertiary/aromatic N) is 1. The van der Waals surface area contributed by atoms with Crippen LogP contribution in [0.25, 0.3) is 0 Å². The second-order valence-electron chi connectivity index (χ2n) is 4.68. The summed E-state index contributed by atoms with van der Waals surface area (Å²) >= 11 is 6.13. The molecule has 1 rings (SSSR count). The predicted molar refractivity (Wildman–Crippen MR) is 82.0 cm³/mol. The lowest BCUT2D eigenvalue weighted by Gasteiger charge is -2.19. The minimum atomic E-state index is -0.282. The highest BCUT2D eigenvalue weighted by Crippen LogP contribution is 2.27. The maximum atomic E-state index is 12.0. The van der Waals surface area contributed by atoms with E-state index in [0.717, 1.165) is 11.1 Å². The first kappa shape index (κ1) is 16.2. The number of hydrogen-bond acceptors (Lipinski definition) is 2. The summed E-state index contributed by atoms with van der Waals surface area (Å²) in [7, 11) is 0. The Morgan fingerprint density at radius 2 is 2.05 bits per heavy atom. The largest absolute Gasteiger partial charge is 0.330 e. The zero-order valence-electron chi connectivity index (χ0n) is 12.0. The summed E-state index contributed by atoms with van der Waals surface area (Å²) in [5, 5.41) is 3.24. The number of hydrogen-bond donors (Lipinski definition) is 1. The van der Waals surface area contributed by atoms with Gasteiger partial charge in [0.25, 0.3) is 0 Å². The molecule has 1 N–H and O–H groups in total. The Kier molecular flexibility index (Phi) is 5.77. The van der Waals surface area contributed by atoms with E-state index in [0.29, 0.717) is 17.3 Å². The van der Waals surface area contributed by atoms with E-state index in [1.807, 2.05) is 19.9 Å². The van der Waals surface area contributed by atoms with Crippen LogP contribution in [0.3, 0.4) is 0 Å². The Bertz CT molecular complexity index is 518. The zero-order chi connectivity index (χ0) is 15.3. The van der Waals surface area contributed by atoms with Crippen molar-refractivity contribution in [1.82, 2.24) is 4.90 Å². The lowest BCUT2D eigenvalue weighted by Crippen LogP contribution is -2.36. The van der Waals surface area contributed by atoms with Gasteiger partial charge in [-0.25, -0.2) is 0 Å². The number of aryl methyl sites for hydroxylation is 2. The monoisotopic (exact) mass is 294 g/mol. The molecule has 108 valence electrons. The molecule has 0 saturated heterocycles. The van der Waals surface area contributed by atoms with Crippen LogP contribution in [0.1, 0.15) is 18.1 Å². The zero-order valence-corrected chi connectivity index (χ0v) is 12.8. The molecule has 0 aliphatic carbocycles. The smallest absolute Gasteiger partial charge is 0.244 e. The van der Waals surface area contributed by atoms with Gasteiger partial charge in [0.2, 0.25) is 11.8 Å². The van der Waals surface area contributed by atoms with Gasteiger partial charge in [0, 0.05) is 13.5 Å². The molecule has 0 aromatic heterocycles. The molecule has 0 aliphatic rings. The summed E-state index contributed by atoms with van der Waals surface area (Å²) in [5.41, 5.74) is 2.51. The number of carbonyl (C=O) groups is 2. The van der Waals surface area contributed by atoms with Gasteiger partial charge in [-0.15, -0.1) is 6.58 Å². The number of benzene rings is 1. The van der Waals surface area contributed by atoms with E-state index in [-0.39, 0.29) is 18.4 Å². The fourth-order valence-corrected chi connectivity index (χ4v) is 2.26. The van der Waals surface area contributed by atoms with Crippen molar-refractivity contribution < 1.29 is 9.59 Å². The molecular formula is C15H19ClN2O2. The van der Waals surface area contributed by atoms with Crippen molar-refractivity contribution >= 4 is 29.1 Å². The van der Waals surface area contributed by atoms with Crippen LogP contribution in [0.5, 0.6) is 0 Å². The summed E-state index contributed by atoms with van der Waals surface area (Å²) in [6.45, 7) is 9.11. The second kappa shape index (κ2) is 7.10. The minimum absolute atomic E-state index is 0.0228. The normalized spacial score (nSPS) is 10.0. The van der Waals surface area contributed by atoms with Gasteiger partial charge in [-0.3, -0.25) is 9.59 Å². The molecule has 2 amide bonds. The molecule has 1 aromatic rings. The standard InChI is InChI=1S/C15H19ClN2O2/c1-5-6-18(12(4)19)9-14(20)17-15-11(3)7-10(2)8-13(15)16/h5,7-8H,1,6,9H2,2-4H3,(H,17,20). The van der Waals surface area contributed by atoms with Crippen LogP contribution in [0.4, 0.5) is 5.69 Å². The fraction of sp³-hybridized carbons (Fsp3) is 0.333. The average Bonchev–Trinajstić information content (AvgIpc) is 2.33. The van der Waals surface area contributed by atoms with Crippen LogP contribution in [-0.2, 0) is 9.59 Å². The average molecular weight is 295 g/mol. The molecule has 1 aromatic carbocycles. The van der Waals surface area contributed by atoms with Gasteiger partial charge in [-0.1, -0.05) is 23.7 Å². The minimum Gasteiger partial charge on any atom is -0.330 e. The molecule has 0 unspecified atom stereocenters. The third kappa shape index (κ3) is 4.38. The first-order valence-corrected chi connectivity index (χ1v) is 6.66. The van der Waals surface area contributed by atoms with Crippen LogP contribution in [0.15, 0.2) is 24.8 Å². The predicted octanol–water partition coefficient (Wildman–Crippen LogP) is 2.93. The van der Waals surface area contributed by atoms with E-state index in [9.17, 15) is 9.59 Å². The topological polar surface area (TPSA) is 49.4 Å². The summed E-state index contributed by atoms with van der Waals surface area (Å²) in [6, 6.07) is 3.73. The van der Waals surface area contributed by atoms with Crippen molar-refractivity contribution in [3.05, 3.63) is 40.9 Å². The first-order chi connectivity index (χ1) is 9.35. The molecule has 0 saturated carbocycles. The molecule has 4 nitrogen and oxygen atoms in total. The number of amides is 2. The third-order valence-electron chi connectivity index (χ3n) is 2.83. The second-order valence-corrected chi connectivity index (χ2v) is 5.08. The SMILES string of the molecule is C=CCN(CC(=O)Nc1c(C)cc(C)cc1Cl)C(C)=O. The number of halogens is 1. The number of rotatable bonds is 5. The van der Waals surface area contributed by atoms with Crippen LogP contribution in [0, 0.1) is 13.8 Å². The maximum Gasteiger partial charge on any atom is 0.244 e. The molecule has 0 atom stereocenters. The van der Waals surface area contributed by atoms with Gasteiger partial charge in [-0.2, -0.15) is 0 Å². The Labute approximate surface area is 124 Å². The van der Waals surface area contributed by atoms with Crippen LogP contribution < -0.4 is 5.32 Å². The molecule has 5 heteroatoms. The lowest BCUT2D eigenvalue weighted by molar-refractivity contribution is -0.132. The quantitative estimate of drug-likeness (QED) is 0.849. The molecule has 20 heavy (non-hydrogen) atoms. The van der Waals surface area contributed by atoms with E-state index >= 15 is 0 Å². The highest BCUT2D eigenvalue weighted by Gasteiger charge is 2.14. The summed E-state index contributed by atoms with van der Waals surface area (Å²) < 4.78 is 0. The van der Waals surface area contributed by atoms with E-state index in [4.69, 9.17) is 11.6 Å². The number of anilines is 1. The van der Waals surface area contributed by atoms with Crippen LogP contribution in [0.2, 0.25) is 5.02 Å². The number of carbonyl (C=O) groups excluding carboxylic acids is 2. The van der Waals surface area contributed by atoms with E-state index in [2.05, 4.69) is 11.9 Å². The van der Waals surface area contributed by atoms with Crippen molar-refractivity contribution in [3.8, 4) is 0 Å². The Balaban J connectivity index is 2.81. The highest BCUT2D eigenvalue weighted by molar-refractivity contribution is 6.34. The van der Waals surface area contributed by atoms with Gasteiger partial charge in [0.05, 0.1) is 10.7 Å². The highest BCUT2D eigenvalue weighted by atomic mass is 35.5. The Hall–Kier alpha value is -1.81. The molecular weight excluding hydrogens is 276 g/mol. The van der Waals surface area contributed by atoms with Gasteiger partial charge in [0.1, 0.15) is 6.54 Å². The fourth-order valence-electron chi connectivity index (χ4n) is 1.89. The molecule has 0 bridgehead atoms. The number of nitrogens with one attached hydrogen (secondary N) is 1. The van der Waals surface area contributed by atoms with Gasteiger partial charge >= 0.3 is 0 Å². The van der Waals surface area contributed by atoms with Crippen LogP contribution in [-0.4, -0.2) is 29.8 Å². The van der Waals surface area contributed by atoms with E-state index in [1.165, 1.54) is 11.8 Å². The maximum absolute atomic E-state index is 12.0. The van der Waals surface area contributed by atoms with Gasteiger partial charge < -0.3 is 10.2 Å². The third-order valence-corrected chi connectivity index (χ3v) is 3.12. The van der Waals surface area contributed by atoms with Gasteiger partial charge in [0.15, 0.2) is 0 Å². The van der Waals surface area contributed by atoms with Crippen molar-refractivity contribution in [1.29, 1.82) is 0 Å². The molecule has 0 fully saturated rings. The summed E-state index contributed by atoms with van der Waals surface area (Å²) in [5.74, 6) is -0.456. The van der Waals surface area contributed by atoms with E-state index < -0.39 is 0 Å². The summed E-state index contributed by atoms with van der Waals surface area (Å²) in [6.07, 6.45) is 1.58. The van der Waals surface area contributed by atoms with Crippen molar-refractivity contribution in [2.45, 2.75) is 20.8 Å². The Morgan fingerprint density at radius 3 is 2.55 bits per heavy atom. The van der Waals surface area contributed by atoms with Crippen molar-refractivity contribution in [2.75, 3.05) is 18.4 Å². The molecule has 0 aliphatic heterocycles. The first-order valence-electron chi connectivity index (χ1n) is 6.28. The van der Waals surface area contributed by atoms with Gasteiger partial charge in [-0.05, 0) is 31.0 Å². The van der Waals surface area contributed by atoms with E-state index in [1.54, 1.807) is 12.1 Å². The molecule has 0 spiro atoms. The van der Waals surface area contributed by atoms with Crippen molar-refractivity contribution in [2.24, 2.45) is 0 Å². The van der Waals surface area contributed by atoms with Crippen molar-refractivity contribution in [3.63, 3.8) is 0 Å². The Morgan fingerprint density at radius 1 is 1.40 bits per heavy atom.